The molecule has 120 valence electrons. The van der Waals surface area contributed by atoms with E-state index in [4.69, 9.17) is 0 Å². The molecule has 1 N–H and O–H groups in total. The smallest absolute Gasteiger partial charge is 0.317 e. The van der Waals surface area contributed by atoms with Crippen LogP contribution in [0.5, 0.6) is 0 Å². The molecular formula is C19H21BrN2O. The van der Waals surface area contributed by atoms with Crippen LogP contribution in [-0.2, 0) is 12.0 Å². The molecule has 0 aliphatic heterocycles. The van der Waals surface area contributed by atoms with Crippen molar-refractivity contribution in [2.75, 3.05) is 13.6 Å². The topological polar surface area (TPSA) is 32.3 Å². The minimum Gasteiger partial charge on any atom is -0.337 e. The highest BCUT2D eigenvalue weighted by Crippen LogP contribution is 2.47. The molecule has 2 amide bonds. The van der Waals surface area contributed by atoms with Gasteiger partial charge in [0.05, 0.1) is 0 Å². The van der Waals surface area contributed by atoms with Crippen LogP contribution in [0.1, 0.15) is 24.0 Å². The number of carbonyl (C=O) groups is 1. The standard InChI is InChI=1S/C19H21BrN2O/c1-22(13-15-7-9-17(20)10-8-15)18(23)21-14-19(11-12-19)16-5-3-2-4-6-16/h2-10H,11-14H2,1H3,(H,21,23). The van der Waals surface area contributed by atoms with Crippen LogP contribution in [0.2, 0.25) is 0 Å². The molecule has 0 saturated heterocycles. The van der Waals surface area contributed by atoms with E-state index in [0.29, 0.717) is 13.1 Å². The fourth-order valence-corrected chi connectivity index (χ4v) is 3.09. The number of benzene rings is 2. The number of nitrogens with zero attached hydrogens (tertiary/aromatic N) is 1. The number of urea groups is 1. The zero-order valence-electron chi connectivity index (χ0n) is 13.3. The highest BCUT2D eigenvalue weighted by Gasteiger charge is 2.44. The summed E-state index contributed by atoms with van der Waals surface area (Å²) in [5.74, 6) is 0. The summed E-state index contributed by atoms with van der Waals surface area (Å²) in [6.07, 6.45) is 2.29. The fourth-order valence-electron chi connectivity index (χ4n) is 2.83. The van der Waals surface area contributed by atoms with Crippen molar-refractivity contribution < 1.29 is 4.79 Å². The fraction of sp³-hybridized carbons (Fsp3) is 0.316. The maximum Gasteiger partial charge on any atom is 0.317 e. The second kappa shape index (κ2) is 6.75. The van der Waals surface area contributed by atoms with Gasteiger partial charge in [0.2, 0.25) is 0 Å². The molecule has 1 aliphatic rings. The van der Waals surface area contributed by atoms with Crippen LogP contribution in [0.3, 0.4) is 0 Å². The van der Waals surface area contributed by atoms with E-state index in [1.54, 1.807) is 4.90 Å². The zero-order valence-corrected chi connectivity index (χ0v) is 14.8. The van der Waals surface area contributed by atoms with Gasteiger partial charge >= 0.3 is 6.03 Å². The number of hydrogen-bond donors (Lipinski definition) is 1. The van der Waals surface area contributed by atoms with Crippen molar-refractivity contribution in [3.63, 3.8) is 0 Å². The minimum atomic E-state index is -0.0184. The molecule has 4 heteroatoms. The van der Waals surface area contributed by atoms with Gasteiger partial charge in [-0.2, -0.15) is 0 Å². The van der Waals surface area contributed by atoms with Crippen molar-refractivity contribution in [2.24, 2.45) is 0 Å². The molecule has 3 rings (SSSR count). The van der Waals surface area contributed by atoms with Gasteiger partial charge < -0.3 is 10.2 Å². The van der Waals surface area contributed by atoms with Crippen LogP contribution in [0.15, 0.2) is 59.1 Å². The molecule has 1 saturated carbocycles. The third-order valence-corrected chi connectivity index (χ3v) is 5.03. The predicted octanol–water partition coefficient (Wildman–Crippen LogP) is 4.32. The zero-order chi connectivity index (χ0) is 16.3. The number of halogens is 1. The van der Waals surface area contributed by atoms with Gasteiger partial charge in [-0.05, 0) is 36.1 Å². The molecule has 2 aromatic rings. The Morgan fingerprint density at radius 2 is 1.78 bits per heavy atom. The number of hydrogen-bond acceptors (Lipinski definition) is 1. The van der Waals surface area contributed by atoms with Gasteiger partial charge in [0.1, 0.15) is 0 Å². The number of amides is 2. The monoisotopic (exact) mass is 372 g/mol. The summed E-state index contributed by atoms with van der Waals surface area (Å²) >= 11 is 3.42. The lowest BCUT2D eigenvalue weighted by Crippen LogP contribution is -2.40. The Bertz CT molecular complexity index is 666. The first kappa shape index (κ1) is 16.1. The quantitative estimate of drug-likeness (QED) is 0.832. The molecule has 1 aliphatic carbocycles. The number of rotatable bonds is 5. The van der Waals surface area contributed by atoms with Gasteiger partial charge in [0, 0.05) is 30.0 Å². The van der Waals surface area contributed by atoms with Crippen molar-refractivity contribution in [3.8, 4) is 0 Å². The van der Waals surface area contributed by atoms with Crippen LogP contribution in [0.4, 0.5) is 4.79 Å². The normalized spacial score (nSPS) is 15.0. The first-order chi connectivity index (χ1) is 11.1. The average Bonchev–Trinajstić information content (AvgIpc) is 3.37. The van der Waals surface area contributed by atoms with Gasteiger partial charge in [-0.25, -0.2) is 4.79 Å². The van der Waals surface area contributed by atoms with Crippen molar-refractivity contribution in [1.29, 1.82) is 0 Å². The van der Waals surface area contributed by atoms with Gasteiger partial charge in [0.25, 0.3) is 0 Å². The minimum absolute atomic E-state index is 0.0184. The summed E-state index contributed by atoms with van der Waals surface area (Å²) in [5, 5.41) is 3.09. The maximum atomic E-state index is 12.3. The molecule has 3 nitrogen and oxygen atoms in total. The summed E-state index contributed by atoms with van der Waals surface area (Å²) in [4.78, 5) is 14.1. The number of carbonyl (C=O) groups excluding carboxylic acids is 1. The molecule has 0 atom stereocenters. The Morgan fingerprint density at radius 3 is 2.39 bits per heavy atom. The van der Waals surface area contributed by atoms with Gasteiger partial charge in [-0.15, -0.1) is 0 Å². The summed E-state index contributed by atoms with van der Waals surface area (Å²) in [6.45, 7) is 1.32. The Morgan fingerprint density at radius 1 is 1.13 bits per heavy atom. The molecule has 2 aromatic carbocycles. The first-order valence-electron chi connectivity index (χ1n) is 7.88. The lowest BCUT2D eigenvalue weighted by Gasteiger charge is -2.21. The molecule has 0 radical (unpaired) electrons. The highest BCUT2D eigenvalue weighted by molar-refractivity contribution is 9.10. The van der Waals surface area contributed by atoms with E-state index < -0.39 is 0 Å². The molecule has 0 unspecified atom stereocenters. The second-order valence-corrected chi connectivity index (χ2v) is 7.20. The SMILES string of the molecule is CN(Cc1ccc(Br)cc1)C(=O)NCC1(c2ccccc2)CC1. The Hall–Kier alpha value is -1.81. The molecular weight excluding hydrogens is 352 g/mol. The van der Waals surface area contributed by atoms with Crippen molar-refractivity contribution in [3.05, 3.63) is 70.2 Å². The molecule has 0 heterocycles. The molecule has 0 spiro atoms. The number of nitrogens with one attached hydrogen (secondary N) is 1. The van der Waals surface area contributed by atoms with E-state index in [0.717, 1.165) is 22.9 Å². The average molecular weight is 373 g/mol. The summed E-state index contributed by atoms with van der Waals surface area (Å²) < 4.78 is 1.05. The van der Waals surface area contributed by atoms with Gasteiger partial charge in [0.15, 0.2) is 0 Å². The van der Waals surface area contributed by atoms with Crippen LogP contribution in [0, 0.1) is 0 Å². The Labute approximate surface area is 145 Å². The van der Waals surface area contributed by atoms with Crippen molar-refractivity contribution in [2.45, 2.75) is 24.8 Å². The maximum absolute atomic E-state index is 12.3. The summed E-state index contributed by atoms with van der Waals surface area (Å²) in [6, 6.07) is 18.5. The van der Waals surface area contributed by atoms with Crippen LogP contribution >= 0.6 is 15.9 Å². The predicted molar refractivity (Wildman–Crippen MR) is 96.4 cm³/mol. The third-order valence-electron chi connectivity index (χ3n) is 4.50. The van der Waals surface area contributed by atoms with E-state index in [1.165, 1.54) is 5.56 Å². The van der Waals surface area contributed by atoms with E-state index in [1.807, 2.05) is 37.4 Å². The van der Waals surface area contributed by atoms with E-state index in [2.05, 4.69) is 45.5 Å². The van der Waals surface area contributed by atoms with E-state index >= 15 is 0 Å². The lowest BCUT2D eigenvalue weighted by atomic mass is 9.96. The van der Waals surface area contributed by atoms with Crippen molar-refractivity contribution in [1.82, 2.24) is 10.2 Å². The van der Waals surface area contributed by atoms with Gasteiger partial charge in [-0.3, -0.25) is 0 Å². The van der Waals surface area contributed by atoms with Crippen LogP contribution in [-0.4, -0.2) is 24.5 Å². The second-order valence-electron chi connectivity index (χ2n) is 6.29. The van der Waals surface area contributed by atoms with Crippen LogP contribution in [0.25, 0.3) is 0 Å². The van der Waals surface area contributed by atoms with Crippen molar-refractivity contribution >= 4 is 22.0 Å². The molecule has 23 heavy (non-hydrogen) atoms. The van der Waals surface area contributed by atoms with E-state index in [9.17, 15) is 4.79 Å². The van der Waals surface area contributed by atoms with Gasteiger partial charge in [-0.1, -0.05) is 58.4 Å². The summed E-state index contributed by atoms with van der Waals surface area (Å²) in [5.41, 5.74) is 2.60. The van der Waals surface area contributed by atoms with E-state index in [-0.39, 0.29) is 11.4 Å². The largest absolute Gasteiger partial charge is 0.337 e. The molecule has 0 aromatic heterocycles. The molecule has 0 bridgehead atoms. The third kappa shape index (κ3) is 3.94. The highest BCUT2D eigenvalue weighted by atomic mass is 79.9. The summed E-state index contributed by atoms with van der Waals surface area (Å²) in [7, 11) is 1.83. The Balaban J connectivity index is 1.54. The first-order valence-corrected chi connectivity index (χ1v) is 8.67. The Kier molecular flexibility index (Phi) is 4.71. The van der Waals surface area contributed by atoms with Crippen LogP contribution < -0.4 is 5.32 Å². The lowest BCUT2D eigenvalue weighted by molar-refractivity contribution is 0.206. The molecule has 1 fully saturated rings.